The van der Waals surface area contributed by atoms with Crippen molar-refractivity contribution in [3.63, 3.8) is 0 Å². The van der Waals surface area contributed by atoms with E-state index in [-0.39, 0.29) is 22.2 Å². The molecule has 2 N–H and O–H groups in total. The van der Waals surface area contributed by atoms with Crippen molar-refractivity contribution in [2.45, 2.75) is 6.42 Å². The first-order valence-electron chi connectivity index (χ1n) is 6.64. The van der Waals surface area contributed by atoms with Gasteiger partial charge in [-0.05, 0) is 52.4 Å². The first-order valence-corrected chi connectivity index (χ1v) is 7.43. The van der Waals surface area contributed by atoms with Crippen LogP contribution in [0.25, 0.3) is 0 Å². The van der Waals surface area contributed by atoms with Gasteiger partial charge in [-0.15, -0.1) is 0 Å². The fraction of sp³-hybridized carbons (Fsp3) is 0.333. The number of aliphatic carboxylic acids is 1. The summed E-state index contributed by atoms with van der Waals surface area (Å²) in [6, 6.07) is 4.16. The normalized spacial score (nSPS) is 29.6. The van der Waals surface area contributed by atoms with Gasteiger partial charge in [0.1, 0.15) is 5.82 Å². The van der Waals surface area contributed by atoms with E-state index in [9.17, 15) is 19.1 Å². The number of hydrogen-bond acceptors (Lipinski definition) is 2. The van der Waals surface area contributed by atoms with Crippen LogP contribution in [0.5, 0.6) is 0 Å². The number of carboxylic acid groups (broad SMARTS) is 1. The Kier molecular flexibility index (Phi) is 3.57. The topological polar surface area (TPSA) is 66.4 Å². The molecule has 6 heteroatoms. The maximum atomic E-state index is 13.2. The quantitative estimate of drug-likeness (QED) is 0.820. The minimum absolute atomic E-state index is 0.0278. The number of rotatable bonds is 3. The van der Waals surface area contributed by atoms with Gasteiger partial charge in [-0.2, -0.15) is 0 Å². The van der Waals surface area contributed by atoms with Crippen LogP contribution in [-0.4, -0.2) is 17.0 Å². The van der Waals surface area contributed by atoms with E-state index in [2.05, 4.69) is 21.2 Å². The van der Waals surface area contributed by atoms with Crippen molar-refractivity contribution in [3.05, 3.63) is 40.6 Å². The lowest BCUT2D eigenvalue weighted by Crippen LogP contribution is -2.36. The molecule has 4 nitrogen and oxygen atoms in total. The molecule has 21 heavy (non-hydrogen) atoms. The van der Waals surface area contributed by atoms with Crippen LogP contribution in [0.4, 0.5) is 10.1 Å². The zero-order chi connectivity index (χ0) is 15.1. The Hall–Kier alpha value is -1.69. The van der Waals surface area contributed by atoms with Crippen LogP contribution in [0, 0.1) is 29.5 Å². The van der Waals surface area contributed by atoms with Gasteiger partial charge in [0.15, 0.2) is 0 Å². The Balaban J connectivity index is 1.80. The van der Waals surface area contributed by atoms with E-state index in [1.54, 1.807) is 0 Å². The fourth-order valence-electron chi connectivity index (χ4n) is 3.32. The van der Waals surface area contributed by atoms with Gasteiger partial charge in [-0.25, -0.2) is 4.39 Å². The van der Waals surface area contributed by atoms with Gasteiger partial charge in [0.2, 0.25) is 5.91 Å². The third-order valence-electron chi connectivity index (χ3n) is 4.23. The second-order valence-electron chi connectivity index (χ2n) is 5.46. The summed E-state index contributed by atoms with van der Waals surface area (Å²) in [5.74, 6) is -3.02. The number of carbonyl (C=O) groups excluding carboxylic acids is 1. The first-order chi connectivity index (χ1) is 9.97. The van der Waals surface area contributed by atoms with E-state index in [1.165, 1.54) is 18.2 Å². The highest BCUT2D eigenvalue weighted by atomic mass is 79.9. The van der Waals surface area contributed by atoms with Gasteiger partial charge in [-0.1, -0.05) is 12.2 Å². The summed E-state index contributed by atoms with van der Waals surface area (Å²) in [6.45, 7) is 0. The van der Waals surface area contributed by atoms with Crippen LogP contribution in [0.15, 0.2) is 34.8 Å². The largest absolute Gasteiger partial charge is 0.481 e. The van der Waals surface area contributed by atoms with Crippen molar-refractivity contribution in [2.24, 2.45) is 23.7 Å². The second-order valence-corrected chi connectivity index (χ2v) is 6.31. The van der Waals surface area contributed by atoms with E-state index in [0.29, 0.717) is 12.1 Å². The molecular weight excluding hydrogens is 341 g/mol. The molecule has 0 radical (unpaired) electrons. The Morgan fingerprint density at radius 3 is 2.52 bits per heavy atom. The predicted molar refractivity (Wildman–Crippen MR) is 78.1 cm³/mol. The highest BCUT2D eigenvalue weighted by molar-refractivity contribution is 9.10. The molecule has 0 spiro atoms. The van der Waals surface area contributed by atoms with Gasteiger partial charge in [0.25, 0.3) is 0 Å². The monoisotopic (exact) mass is 353 g/mol. The molecule has 2 aliphatic rings. The number of carboxylic acids is 1. The Morgan fingerprint density at radius 2 is 1.90 bits per heavy atom. The van der Waals surface area contributed by atoms with Crippen LogP contribution < -0.4 is 5.32 Å². The summed E-state index contributed by atoms with van der Waals surface area (Å²) in [6.07, 6.45) is 4.53. The van der Waals surface area contributed by atoms with Crippen LogP contribution >= 0.6 is 15.9 Å². The van der Waals surface area contributed by atoms with Crippen molar-refractivity contribution in [2.75, 3.05) is 5.32 Å². The third kappa shape index (κ3) is 2.48. The molecule has 1 aromatic rings. The number of halogens is 2. The van der Waals surface area contributed by atoms with Gasteiger partial charge >= 0.3 is 5.97 Å². The molecule has 110 valence electrons. The molecule has 1 fully saturated rings. The van der Waals surface area contributed by atoms with Crippen LogP contribution in [-0.2, 0) is 9.59 Å². The van der Waals surface area contributed by atoms with Crippen molar-refractivity contribution in [3.8, 4) is 0 Å². The molecule has 0 aliphatic heterocycles. The zero-order valence-corrected chi connectivity index (χ0v) is 12.5. The van der Waals surface area contributed by atoms with Gasteiger partial charge in [-0.3, -0.25) is 9.59 Å². The number of nitrogens with one attached hydrogen (secondary N) is 1. The van der Waals surface area contributed by atoms with Crippen LogP contribution in [0.3, 0.4) is 0 Å². The fourth-order valence-corrected chi connectivity index (χ4v) is 3.69. The van der Waals surface area contributed by atoms with E-state index in [1.807, 2.05) is 12.2 Å². The highest BCUT2D eigenvalue weighted by Gasteiger charge is 2.51. The molecule has 0 saturated heterocycles. The maximum Gasteiger partial charge on any atom is 0.307 e. The second kappa shape index (κ2) is 5.26. The van der Waals surface area contributed by atoms with Crippen molar-refractivity contribution in [1.29, 1.82) is 0 Å². The lowest BCUT2D eigenvalue weighted by atomic mass is 9.82. The highest BCUT2D eigenvalue weighted by Crippen LogP contribution is 2.48. The minimum atomic E-state index is -0.938. The van der Waals surface area contributed by atoms with E-state index < -0.39 is 23.6 Å². The Bertz CT molecular complexity index is 646. The third-order valence-corrected chi connectivity index (χ3v) is 4.84. The Labute approximate surface area is 129 Å². The lowest BCUT2D eigenvalue weighted by Gasteiger charge is -2.23. The Morgan fingerprint density at radius 1 is 1.24 bits per heavy atom. The number of amides is 1. The average Bonchev–Trinajstić information content (AvgIpc) is 3.03. The molecule has 1 saturated carbocycles. The first kappa shape index (κ1) is 14.3. The predicted octanol–water partition coefficient (Wildman–Crippen LogP) is 3.05. The number of allylic oxidation sites excluding steroid dienone is 2. The number of benzene rings is 1. The maximum absolute atomic E-state index is 13.2. The molecule has 2 unspecified atom stereocenters. The van der Waals surface area contributed by atoms with Crippen molar-refractivity contribution < 1.29 is 19.1 Å². The van der Waals surface area contributed by atoms with Gasteiger partial charge in [0, 0.05) is 5.69 Å². The molecule has 1 amide bonds. The van der Waals surface area contributed by atoms with Crippen molar-refractivity contribution >= 4 is 33.5 Å². The zero-order valence-electron chi connectivity index (χ0n) is 10.9. The van der Waals surface area contributed by atoms with Crippen molar-refractivity contribution in [1.82, 2.24) is 0 Å². The summed E-state index contributed by atoms with van der Waals surface area (Å²) in [5, 5.41) is 12.0. The number of hydrogen-bond donors (Lipinski definition) is 2. The van der Waals surface area contributed by atoms with Gasteiger partial charge in [0.05, 0.1) is 16.3 Å². The standard InChI is InChI=1S/C15H13BrFNO3/c16-10-6-9(3-4-11(10)17)18-14(19)12-7-1-2-8(5-7)13(12)15(20)21/h1-4,6-8,12-13H,5H2,(H,18,19)(H,20,21)/t7?,8?,12-,13+/m0/s1. The smallest absolute Gasteiger partial charge is 0.307 e. The van der Waals surface area contributed by atoms with Gasteiger partial charge < -0.3 is 10.4 Å². The lowest BCUT2D eigenvalue weighted by molar-refractivity contribution is -0.146. The molecule has 2 aliphatic carbocycles. The van der Waals surface area contributed by atoms with Crippen LogP contribution in [0.2, 0.25) is 0 Å². The molecule has 3 rings (SSSR count). The molecule has 4 atom stereocenters. The molecule has 0 heterocycles. The number of fused-ring (bicyclic) bond motifs is 2. The summed E-state index contributed by atoms with van der Waals surface area (Å²) in [5.41, 5.74) is 0.448. The summed E-state index contributed by atoms with van der Waals surface area (Å²) >= 11 is 3.06. The van der Waals surface area contributed by atoms with E-state index in [4.69, 9.17) is 0 Å². The number of carbonyl (C=O) groups is 2. The SMILES string of the molecule is O=C(O)[C@@H]1C2C=CC(C2)[C@@H]1C(=O)Nc1ccc(F)c(Br)c1. The average molecular weight is 354 g/mol. The van der Waals surface area contributed by atoms with E-state index >= 15 is 0 Å². The van der Waals surface area contributed by atoms with Crippen LogP contribution in [0.1, 0.15) is 6.42 Å². The molecular formula is C15H13BrFNO3. The minimum Gasteiger partial charge on any atom is -0.481 e. The molecule has 2 bridgehead atoms. The molecule has 1 aromatic carbocycles. The summed E-state index contributed by atoms with van der Waals surface area (Å²) < 4.78 is 13.4. The molecule has 0 aromatic heterocycles. The van der Waals surface area contributed by atoms with E-state index in [0.717, 1.165) is 0 Å². The summed E-state index contributed by atoms with van der Waals surface area (Å²) in [4.78, 5) is 23.8. The number of anilines is 1. The summed E-state index contributed by atoms with van der Waals surface area (Å²) in [7, 11) is 0.